The second-order valence-corrected chi connectivity index (χ2v) is 6.83. The van der Waals surface area contributed by atoms with Crippen LogP contribution < -0.4 is 0 Å². The van der Waals surface area contributed by atoms with Gasteiger partial charge in [0.1, 0.15) is 0 Å². The van der Waals surface area contributed by atoms with Crippen molar-refractivity contribution in [3.63, 3.8) is 0 Å². The largest absolute Gasteiger partial charge is 0.120 e. The van der Waals surface area contributed by atoms with Crippen molar-refractivity contribution in [3.8, 4) is 0 Å². The maximum absolute atomic E-state index is 3.29. The fourth-order valence-electron chi connectivity index (χ4n) is 3.82. The van der Waals surface area contributed by atoms with Crippen LogP contribution in [0.2, 0.25) is 0 Å². The molecule has 0 heteroatoms. The van der Waals surface area contributed by atoms with Crippen molar-refractivity contribution >= 4 is 0 Å². The van der Waals surface area contributed by atoms with E-state index in [9.17, 15) is 0 Å². The molecular formula is C28H22. The Morgan fingerprint density at radius 3 is 1.46 bits per heavy atom. The van der Waals surface area contributed by atoms with Crippen molar-refractivity contribution in [1.29, 1.82) is 0 Å². The van der Waals surface area contributed by atoms with Crippen molar-refractivity contribution in [1.82, 2.24) is 0 Å². The second-order valence-electron chi connectivity index (χ2n) is 6.83. The minimum atomic E-state index is 0.169. The third-order valence-electron chi connectivity index (χ3n) is 5.07. The predicted octanol–water partition coefficient (Wildman–Crippen LogP) is 6.96. The molecule has 0 N–H and O–H groups in total. The van der Waals surface area contributed by atoms with Gasteiger partial charge in [0.15, 0.2) is 0 Å². The Morgan fingerprint density at radius 1 is 0.464 bits per heavy atom. The Labute approximate surface area is 167 Å². The maximum atomic E-state index is 3.29. The molecule has 0 fully saturated rings. The van der Waals surface area contributed by atoms with Crippen LogP contribution in [-0.2, 0) is 0 Å². The van der Waals surface area contributed by atoms with E-state index < -0.39 is 0 Å². The van der Waals surface area contributed by atoms with E-state index in [0.29, 0.717) is 0 Å². The minimum absolute atomic E-state index is 0.169. The molecule has 1 aliphatic rings. The molecule has 3 aromatic rings. The van der Waals surface area contributed by atoms with Crippen LogP contribution in [0, 0.1) is 0 Å². The SMILES string of the molecule is C1=CC=C=C/C(C(c2ccccc2)C(c2ccccc2)c2ccccc2)=C\C=1. The summed E-state index contributed by atoms with van der Waals surface area (Å²) in [7, 11) is 0. The van der Waals surface area contributed by atoms with E-state index in [4.69, 9.17) is 0 Å². The van der Waals surface area contributed by atoms with Crippen molar-refractivity contribution in [3.05, 3.63) is 155 Å². The zero-order valence-electron chi connectivity index (χ0n) is 15.7. The summed E-state index contributed by atoms with van der Waals surface area (Å²) in [4.78, 5) is 0. The molecule has 3 aromatic carbocycles. The number of rotatable bonds is 5. The monoisotopic (exact) mass is 358 g/mol. The third-order valence-corrected chi connectivity index (χ3v) is 5.07. The molecule has 0 amide bonds. The molecule has 0 bridgehead atoms. The van der Waals surface area contributed by atoms with Crippen LogP contribution in [0.4, 0.5) is 0 Å². The summed E-state index contributed by atoms with van der Waals surface area (Å²) in [6.45, 7) is 0. The van der Waals surface area contributed by atoms with Gasteiger partial charge in [-0.3, -0.25) is 0 Å². The molecule has 1 aliphatic carbocycles. The summed E-state index contributed by atoms with van der Waals surface area (Å²) < 4.78 is 0. The number of hydrogen-bond donors (Lipinski definition) is 0. The first-order chi connectivity index (χ1) is 13.9. The Kier molecular flexibility index (Phi) is 5.66. The fourth-order valence-corrected chi connectivity index (χ4v) is 3.82. The molecule has 0 saturated carbocycles. The second kappa shape index (κ2) is 8.89. The summed E-state index contributed by atoms with van der Waals surface area (Å²) in [6.07, 6.45) is 10.0. The van der Waals surface area contributed by atoms with Gasteiger partial charge >= 0.3 is 0 Å². The lowest BCUT2D eigenvalue weighted by Crippen LogP contribution is -2.15. The van der Waals surface area contributed by atoms with Gasteiger partial charge in [-0.1, -0.05) is 97.1 Å². The highest BCUT2D eigenvalue weighted by Gasteiger charge is 2.28. The standard InChI is InChI=1S/C28H22/c1-2-7-15-23(16-8-3-1)27(24-17-9-4-10-18-24)28(25-19-11-5-12-20-25)26-21-13-6-14-22-26/h1-2,4-6,8-22,27-28H/b23-16+. The van der Waals surface area contributed by atoms with Gasteiger partial charge < -0.3 is 0 Å². The summed E-state index contributed by atoms with van der Waals surface area (Å²) in [5.74, 6) is 0.369. The molecule has 0 aliphatic heterocycles. The van der Waals surface area contributed by atoms with Gasteiger partial charge in [-0.15, -0.1) is 11.5 Å². The first-order valence-corrected chi connectivity index (χ1v) is 9.62. The smallest absolute Gasteiger partial charge is 0.0205 e. The van der Waals surface area contributed by atoms with Gasteiger partial charge in [-0.05, 0) is 46.6 Å². The number of allylic oxidation sites excluding steroid dienone is 4. The lowest BCUT2D eigenvalue weighted by Gasteiger charge is -2.30. The van der Waals surface area contributed by atoms with Crippen molar-refractivity contribution in [2.75, 3.05) is 0 Å². The summed E-state index contributed by atoms with van der Waals surface area (Å²) >= 11 is 0. The van der Waals surface area contributed by atoms with Crippen LogP contribution in [0.1, 0.15) is 28.5 Å². The minimum Gasteiger partial charge on any atom is -0.120 e. The lowest BCUT2D eigenvalue weighted by atomic mass is 9.73. The Morgan fingerprint density at radius 2 is 0.929 bits per heavy atom. The first kappa shape index (κ1) is 17.8. The molecule has 1 atom stereocenters. The Balaban J connectivity index is 1.94. The molecular weight excluding hydrogens is 336 g/mol. The van der Waals surface area contributed by atoms with E-state index in [1.807, 2.05) is 18.2 Å². The third kappa shape index (κ3) is 4.05. The highest BCUT2D eigenvalue weighted by atomic mass is 14.3. The van der Waals surface area contributed by atoms with Gasteiger partial charge in [0, 0.05) is 11.8 Å². The molecule has 0 heterocycles. The molecule has 28 heavy (non-hydrogen) atoms. The van der Waals surface area contributed by atoms with Gasteiger partial charge in [0.25, 0.3) is 0 Å². The Bertz CT molecular complexity index is 1020. The summed E-state index contributed by atoms with van der Waals surface area (Å²) in [6, 6.07) is 32.3. The maximum Gasteiger partial charge on any atom is 0.0205 e. The van der Waals surface area contributed by atoms with Gasteiger partial charge in [0.05, 0.1) is 0 Å². The lowest BCUT2D eigenvalue weighted by molar-refractivity contribution is 0.693. The van der Waals surface area contributed by atoms with Crippen LogP contribution >= 0.6 is 0 Å². The van der Waals surface area contributed by atoms with E-state index in [1.165, 1.54) is 22.3 Å². The summed E-state index contributed by atoms with van der Waals surface area (Å²) in [5.41, 5.74) is 11.6. The first-order valence-electron chi connectivity index (χ1n) is 9.62. The molecule has 1 unspecified atom stereocenters. The van der Waals surface area contributed by atoms with Crippen LogP contribution in [0.15, 0.2) is 138 Å². The zero-order chi connectivity index (χ0) is 19.0. The molecule has 134 valence electrons. The molecule has 0 radical (unpaired) electrons. The quantitative estimate of drug-likeness (QED) is 0.432. The molecule has 0 spiro atoms. The molecule has 4 rings (SSSR count). The predicted molar refractivity (Wildman–Crippen MR) is 117 cm³/mol. The van der Waals surface area contributed by atoms with Crippen LogP contribution in [0.25, 0.3) is 0 Å². The van der Waals surface area contributed by atoms with Crippen molar-refractivity contribution in [2.45, 2.75) is 11.8 Å². The highest BCUT2D eigenvalue weighted by molar-refractivity contribution is 5.47. The Hall–Kier alpha value is -3.56. The fraction of sp³-hybridized carbons (Fsp3) is 0.0714. The van der Waals surface area contributed by atoms with E-state index in [1.54, 1.807) is 0 Å². The van der Waals surface area contributed by atoms with Crippen LogP contribution in [0.3, 0.4) is 0 Å². The van der Waals surface area contributed by atoms with E-state index in [2.05, 4.69) is 115 Å². The molecule has 0 aromatic heterocycles. The van der Waals surface area contributed by atoms with Crippen molar-refractivity contribution < 1.29 is 0 Å². The van der Waals surface area contributed by atoms with Gasteiger partial charge in [-0.2, -0.15) is 0 Å². The zero-order valence-corrected chi connectivity index (χ0v) is 15.7. The average Bonchev–Trinajstić information content (AvgIpc) is 2.74. The van der Waals surface area contributed by atoms with E-state index in [-0.39, 0.29) is 11.8 Å². The molecule has 0 saturated heterocycles. The van der Waals surface area contributed by atoms with Crippen LogP contribution in [-0.4, -0.2) is 0 Å². The van der Waals surface area contributed by atoms with Crippen LogP contribution in [0.5, 0.6) is 0 Å². The van der Waals surface area contributed by atoms with E-state index >= 15 is 0 Å². The highest BCUT2D eigenvalue weighted by Crippen LogP contribution is 2.43. The van der Waals surface area contributed by atoms with Crippen molar-refractivity contribution in [2.24, 2.45) is 0 Å². The summed E-state index contributed by atoms with van der Waals surface area (Å²) in [5, 5.41) is 0. The number of hydrogen-bond acceptors (Lipinski definition) is 0. The average molecular weight is 358 g/mol. The normalized spacial score (nSPS) is 15.7. The molecule has 0 nitrogen and oxygen atoms in total. The van der Waals surface area contributed by atoms with E-state index in [0.717, 1.165) is 0 Å². The van der Waals surface area contributed by atoms with Gasteiger partial charge in [-0.25, -0.2) is 0 Å². The van der Waals surface area contributed by atoms with Gasteiger partial charge in [0.2, 0.25) is 0 Å². The number of benzene rings is 3. The topological polar surface area (TPSA) is 0 Å².